The summed E-state index contributed by atoms with van der Waals surface area (Å²) in [7, 11) is 3.96. The van der Waals surface area contributed by atoms with Crippen molar-refractivity contribution in [3.8, 4) is 0 Å². The van der Waals surface area contributed by atoms with Crippen LogP contribution >= 0.6 is 0 Å². The third kappa shape index (κ3) is 2.87. The van der Waals surface area contributed by atoms with Crippen LogP contribution in [0.1, 0.15) is 12.8 Å². The summed E-state index contributed by atoms with van der Waals surface area (Å²) in [6, 6.07) is 4.22. The molecule has 9 heteroatoms. The minimum Gasteiger partial charge on any atom is -0.356 e. The van der Waals surface area contributed by atoms with Crippen LogP contribution in [0.25, 0.3) is 11.0 Å². The normalized spacial score (nSPS) is 23.9. The molecule has 0 aromatic carbocycles. The van der Waals surface area contributed by atoms with Crippen LogP contribution in [-0.2, 0) is 7.05 Å². The maximum atomic E-state index is 12.5. The number of rotatable bonds is 3. The highest BCUT2D eigenvalue weighted by atomic mass is 16.2. The van der Waals surface area contributed by atoms with Gasteiger partial charge in [-0.3, -0.25) is 10.00 Å². The number of H-pyrrole nitrogens is 1. The summed E-state index contributed by atoms with van der Waals surface area (Å²) < 4.78 is 1.68. The Morgan fingerprint density at radius 2 is 2.04 bits per heavy atom. The van der Waals surface area contributed by atoms with Crippen molar-refractivity contribution < 1.29 is 4.79 Å². The molecule has 146 valence electrons. The van der Waals surface area contributed by atoms with Gasteiger partial charge in [0.25, 0.3) is 0 Å². The van der Waals surface area contributed by atoms with Crippen molar-refractivity contribution in [1.82, 2.24) is 29.6 Å². The number of nitrogens with one attached hydrogen (secondary N) is 2. The van der Waals surface area contributed by atoms with Crippen molar-refractivity contribution in [3.05, 3.63) is 30.9 Å². The van der Waals surface area contributed by atoms with Crippen LogP contribution in [0.15, 0.2) is 30.9 Å². The Morgan fingerprint density at radius 1 is 1.25 bits per heavy atom. The summed E-state index contributed by atoms with van der Waals surface area (Å²) in [6.07, 6.45) is 7.49. The van der Waals surface area contributed by atoms with Crippen molar-refractivity contribution in [2.45, 2.75) is 18.9 Å². The number of fused-ring (bicyclic) bond motifs is 2. The molecule has 28 heavy (non-hydrogen) atoms. The van der Waals surface area contributed by atoms with E-state index in [0.29, 0.717) is 23.7 Å². The summed E-state index contributed by atoms with van der Waals surface area (Å²) in [5, 5.41) is 8.17. The predicted octanol–water partition coefficient (Wildman–Crippen LogP) is 2.07. The van der Waals surface area contributed by atoms with E-state index in [1.165, 1.54) is 0 Å². The molecule has 3 aromatic rings. The first-order valence-corrected chi connectivity index (χ1v) is 9.65. The lowest BCUT2D eigenvalue weighted by molar-refractivity contribution is 0.218. The van der Waals surface area contributed by atoms with Crippen molar-refractivity contribution in [2.24, 2.45) is 18.9 Å². The standard InChI is InChI=1S/C19H24N8O/c1-25-6-4-16(24-25)23-19(28)27-9-12-7-14(8-13(12)10-27)26(2)18-15-3-5-20-17(15)21-11-22-18/h3-6,11-14H,7-10H2,1-2H3,(H,20,21,22)(H,23,24,28)/t12-,13?,14?/m0/s1. The van der Waals surface area contributed by atoms with Crippen molar-refractivity contribution >= 4 is 28.7 Å². The zero-order valence-corrected chi connectivity index (χ0v) is 16.0. The summed E-state index contributed by atoms with van der Waals surface area (Å²) in [6.45, 7) is 1.61. The third-order valence-electron chi connectivity index (χ3n) is 6.18. The fourth-order valence-electron chi connectivity index (χ4n) is 4.73. The lowest BCUT2D eigenvalue weighted by Gasteiger charge is -2.28. The van der Waals surface area contributed by atoms with E-state index in [1.807, 2.05) is 36.5 Å². The van der Waals surface area contributed by atoms with Gasteiger partial charge in [0.2, 0.25) is 0 Å². The second kappa shape index (κ2) is 6.50. The Hall–Kier alpha value is -3.10. The fraction of sp³-hybridized carbons (Fsp3) is 0.474. The molecule has 3 atom stereocenters. The number of likely N-dealkylation sites (tertiary alicyclic amines) is 1. The lowest BCUT2D eigenvalue weighted by Crippen LogP contribution is -2.36. The SMILES string of the molecule is CN(c1ncnc2[nH]ccc12)C1CC2CN(C(=O)Nc3ccn(C)n3)C[C@@H]2C1. The lowest BCUT2D eigenvalue weighted by atomic mass is 10.0. The average Bonchev–Trinajstić information content (AvgIpc) is 3.43. The molecule has 2 aliphatic rings. The molecule has 4 heterocycles. The quantitative estimate of drug-likeness (QED) is 0.725. The largest absolute Gasteiger partial charge is 0.356 e. The van der Waals surface area contributed by atoms with E-state index in [4.69, 9.17) is 0 Å². The number of hydrogen-bond donors (Lipinski definition) is 2. The maximum Gasteiger partial charge on any atom is 0.323 e. The van der Waals surface area contributed by atoms with Gasteiger partial charge in [-0.1, -0.05) is 0 Å². The first-order chi connectivity index (χ1) is 13.6. The molecule has 1 saturated carbocycles. The molecule has 1 saturated heterocycles. The molecule has 2 fully saturated rings. The number of nitrogens with zero attached hydrogens (tertiary/aromatic N) is 6. The van der Waals surface area contributed by atoms with E-state index < -0.39 is 0 Å². The van der Waals surface area contributed by atoms with Gasteiger partial charge < -0.3 is 14.8 Å². The van der Waals surface area contributed by atoms with Gasteiger partial charge in [-0.05, 0) is 30.7 Å². The first kappa shape index (κ1) is 17.0. The fourth-order valence-corrected chi connectivity index (χ4v) is 4.73. The maximum absolute atomic E-state index is 12.5. The van der Waals surface area contributed by atoms with Crippen molar-refractivity contribution in [1.29, 1.82) is 0 Å². The topological polar surface area (TPSA) is 95.0 Å². The van der Waals surface area contributed by atoms with Gasteiger partial charge in [0.05, 0.1) is 5.39 Å². The number of hydrogen-bond acceptors (Lipinski definition) is 5. The average molecular weight is 380 g/mol. The monoisotopic (exact) mass is 380 g/mol. The summed E-state index contributed by atoms with van der Waals surface area (Å²) in [5.74, 6) is 2.64. The summed E-state index contributed by atoms with van der Waals surface area (Å²) in [5.41, 5.74) is 0.868. The Morgan fingerprint density at radius 3 is 2.75 bits per heavy atom. The van der Waals surface area contributed by atoms with Gasteiger partial charge in [0.15, 0.2) is 5.82 Å². The van der Waals surface area contributed by atoms with E-state index >= 15 is 0 Å². The van der Waals surface area contributed by atoms with Crippen LogP contribution in [0.5, 0.6) is 0 Å². The van der Waals surface area contributed by atoms with Crippen LogP contribution < -0.4 is 10.2 Å². The highest BCUT2D eigenvalue weighted by Gasteiger charge is 2.44. The molecule has 2 unspecified atom stereocenters. The van der Waals surface area contributed by atoms with Crippen molar-refractivity contribution in [2.75, 3.05) is 30.4 Å². The summed E-state index contributed by atoms with van der Waals surface area (Å²) >= 11 is 0. The van der Waals surface area contributed by atoms with Gasteiger partial charge in [-0.2, -0.15) is 5.10 Å². The molecule has 9 nitrogen and oxygen atoms in total. The number of anilines is 2. The number of aromatic nitrogens is 5. The minimum atomic E-state index is -0.0529. The zero-order valence-electron chi connectivity index (χ0n) is 16.0. The molecule has 1 aliphatic carbocycles. The molecule has 0 bridgehead atoms. The van der Waals surface area contributed by atoms with Gasteiger partial charge in [-0.25, -0.2) is 14.8 Å². The second-order valence-electron chi connectivity index (χ2n) is 7.90. The highest BCUT2D eigenvalue weighted by molar-refractivity contribution is 5.88. The van der Waals surface area contributed by atoms with Crippen LogP contribution in [0.2, 0.25) is 0 Å². The minimum absolute atomic E-state index is 0.0529. The number of aryl methyl sites for hydroxylation is 1. The predicted molar refractivity (Wildman–Crippen MR) is 106 cm³/mol. The molecule has 2 N–H and O–H groups in total. The van der Waals surface area contributed by atoms with E-state index in [0.717, 1.165) is 42.8 Å². The van der Waals surface area contributed by atoms with Gasteiger partial charge in [-0.15, -0.1) is 0 Å². The number of carbonyl (C=O) groups is 1. The number of amides is 2. The van der Waals surface area contributed by atoms with Crippen LogP contribution in [0.3, 0.4) is 0 Å². The highest BCUT2D eigenvalue weighted by Crippen LogP contribution is 2.41. The van der Waals surface area contributed by atoms with Gasteiger partial charge in [0.1, 0.15) is 17.8 Å². The Balaban J connectivity index is 1.23. The van der Waals surface area contributed by atoms with Gasteiger partial charge in [0, 0.05) is 51.7 Å². The Kier molecular flexibility index (Phi) is 3.96. The van der Waals surface area contributed by atoms with E-state index in [9.17, 15) is 4.79 Å². The third-order valence-corrected chi connectivity index (χ3v) is 6.18. The summed E-state index contributed by atoms with van der Waals surface area (Å²) in [4.78, 5) is 28.7. The number of carbonyl (C=O) groups excluding carboxylic acids is 1. The number of aromatic amines is 1. The molecule has 5 rings (SSSR count). The smallest absolute Gasteiger partial charge is 0.323 e. The van der Waals surface area contributed by atoms with Crippen molar-refractivity contribution in [3.63, 3.8) is 0 Å². The van der Waals surface area contributed by atoms with Crippen LogP contribution in [-0.4, -0.2) is 61.8 Å². The van der Waals surface area contributed by atoms with Crippen LogP contribution in [0.4, 0.5) is 16.4 Å². The molecule has 2 amide bonds. The Bertz CT molecular complexity index is 996. The van der Waals surface area contributed by atoms with E-state index in [1.54, 1.807) is 11.0 Å². The van der Waals surface area contributed by atoms with E-state index in [-0.39, 0.29) is 6.03 Å². The molecule has 0 spiro atoms. The molecule has 1 aliphatic heterocycles. The van der Waals surface area contributed by atoms with Gasteiger partial charge >= 0.3 is 6.03 Å². The molecular formula is C19H24N8O. The van der Waals surface area contributed by atoms with E-state index in [2.05, 4.69) is 37.3 Å². The zero-order chi connectivity index (χ0) is 19.3. The second-order valence-corrected chi connectivity index (χ2v) is 7.90. The molecule has 3 aromatic heterocycles. The molecule has 0 radical (unpaired) electrons. The first-order valence-electron chi connectivity index (χ1n) is 9.65. The molecular weight excluding hydrogens is 356 g/mol. The van der Waals surface area contributed by atoms with Crippen LogP contribution in [0, 0.1) is 11.8 Å². The Labute approximate surface area is 162 Å². The number of urea groups is 1.